The number of thiazole rings is 1. The van der Waals surface area contributed by atoms with Gasteiger partial charge in [-0.1, -0.05) is 12.1 Å². The van der Waals surface area contributed by atoms with Crippen LogP contribution in [0.2, 0.25) is 0 Å². The highest BCUT2D eigenvalue weighted by atomic mass is 32.1. The molecule has 1 aliphatic rings. The first-order valence-corrected chi connectivity index (χ1v) is 8.76. The number of likely N-dealkylation sites (tertiary alicyclic amines) is 1. The van der Waals surface area contributed by atoms with Crippen LogP contribution in [0.5, 0.6) is 0 Å². The summed E-state index contributed by atoms with van der Waals surface area (Å²) in [6, 6.07) is 4.85. The first-order chi connectivity index (χ1) is 11.6. The van der Waals surface area contributed by atoms with Crippen molar-refractivity contribution in [2.75, 3.05) is 18.5 Å². The van der Waals surface area contributed by atoms with Crippen LogP contribution in [0, 0.1) is 12.7 Å². The summed E-state index contributed by atoms with van der Waals surface area (Å²) in [7, 11) is 0. The molecule has 1 fully saturated rings. The number of aliphatic hydroxyl groups excluding tert-OH is 1. The Balaban J connectivity index is 1.63. The van der Waals surface area contributed by atoms with Crippen LogP contribution in [0.15, 0.2) is 24.4 Å². The predicted molar refractivity (Wildman–Crippen MR) is 91.9 cm³/mol. The fraction of sp³-hybridized carbons (Fsp3) is 0.412. The molecule has 24 heavy (non-hydrogen) atoms. The van der Waals surface area contributed by atoms with Gasteiger partial charge >= 0.3 is 6.03 Å². The molecule has 7 heteroatoms. The molecule has 0 bridgehead atoms. The smallest absolute Gasteiger partial charge is 0.323 e. The monoisotopic (exact) mass is 349 g/mol. The predicted octanol–water partition coefficient (Wildman–Crippen LogP) is 3.17. The van der Waals surface area contributed by atoms with Crippen LogP contribution in [0.4, 0.5) is 14.3 Å². The highest BCUT2D eigenvalue weighted by Gasteiger charge is 2.28. The van der Waals surface area contributed by atoms with Gasteiger partial charge in [0.05, 0.1) is 12.6 Å². The summed E-state index contributed by atoms with van der Waals surface area (Å²) in [6.07, 6.45) is 4.01. The number of amides is 2. The summed E-state index contributed by atoms with van der Waals surface area (Å²) in [5, 5.41) is 12.6. The highest BCUT2D eigenvalue weighted by Crippen LogP contribution is 2.24. The summed E-state index contributed by atoms with van der Waals surface area (Å²) < 4.78 is 13.6. The molecule has 1 aliphatic heterocycles. The molecule has 1 saturated heterocycles. The van der Waals surface area contributed by atoms with Crippen molar-refractivity contribution in [3.8, 4) is 0 Å². The van der Waals surface area contributed by atoms with Crippen LogP contribution in [0.3, 0.4) is 0 Å². The third-order valence-corrected chi connectivity index (χ3v) is 5.14. The van der Waals surface area contributed by atoms with Gasteiger partial charge in [0.15, 0.2) is 5.13 Å². The number of aryl methyl sites for hydroxylation is 1. The van der Waals surface area contributed by atoms with Crippen LogP contribution < -0.4 is 5.32 Å². The minimum atomic E-state index is -0.228. The lowest BCUT2D eigenvalue weighted by Crippen LogP contribution is -2.40. The molecule has 3 rings (SSSR count). The molecule has 128 valence electrons. The number of halogens is 1. The maximum Gasteiger partial charge on any atom is 0.323 e. The van der Waals surface area contributed by atoms with Crippen molar-refractivity contribution < 1.29 is 14.3 Å². The fourth-order valence-corrected chi connectivity index (χ4v) is 3.69. The van der Waals surface area contributed by atoms with E-state index in [0.717, 1.165) is 23.3 Å². The number of rotatable bonds is 4. The first-order valence-electron chi connectivity index (χ1n) is 7.95. The van der Waals surface area contributed by atoms with Crippen LogP contribution in [-0.2, 0) is 6.42 Å². The molecule has 2 aromatic rings. The molecule has 0 spiro atoms. The van der Waals surface area contributed by atoms with Crippen LogP contribution in [-0.4, -0.2) is 40.2 Å². The lowest BCUT2D eigenvalue weighted by Gasteiger charge is -2.22. The second-order valence-corrected chi connectivity index (χ2v) is 7.11. The topological polar surface area (TPSA) is 65.5 Å². The van der Waals surface area contributed by atoms with E-state index in [-0.39, 0.29) is 24.5 Å². The molecular formula is C17H20FN3O2S. The van der Waals surface area contributed by atoms with Gasteiger partial charge in [-0.2, -0.15) is 0 Å². The number of nitrogens with one attached hydrogen (secondary N) is 1. The number of hydrogen-bond acceptors (Lipinski definition) is 4. The number of benzene rings is 1. The van der Waals surface area contributed by atoms with Crippen molar-refractivity contribution in [1.82, 2.24) is 9.88 Å². The van der Waals surface area contributed by atoms with Gasteiger partial charge in [-0.3, -0.25) is 5.32 Å². The zero-order valence-electron chi connectivity index (χ0n) is 13.5. The van der Waals surface area contributed by atoms with Crippen LogP contribution in [0.1, 0.15) is 28.8 Å². The summed E-state index contributed by atoms with van der Waals surface area (Å²) in [4.78, 5) is 19.1. The number of aromatic nitrogens is 1. The Bertz CT molecular complexity index is 734. The first kappa shape index (κ1) is 16.9. The normalized spacial score (nSPS) is 17.3. The lowest BCUT2D eigenvalue weighted by atomic mass is 10.1. The second kappa shape index (κ2) is 7.27. The fourth-order valence-electron chi connectivity index (χ4n) is 2.85. The van der Waals surface area contributed by atoms with Crippen molar-refractivity contribution in [3.05, 3.63) is 46.2 Å². The molecule has 1 aromatic carbocycles. The summed E-state index contributed by atoms with van der Waals surface area (Å²) in [5.41, 5.74) is 1.50. The average Bonchev–Trinajstić information content (AvgIpc) is 3.20. The van der Waals surface area contributed by atoms with Crippen molar-refractivity contribution in [1.29, 1.82) is 0 Å². The number of anilines is 1. The van der Waals surface area contributed by atoms with Crippen molar-refractivity contribution in [3.63, 3.8) is 0 Å². The molecule has 2 N–H and O–H groups in total. The van der Waals surface area contributed by atoms with Gasteiger partial charge in [-0.05, 0) is 37.0 Å². The van der Waals surface area contributed by atoms with Gasteiger partial charge in [0, 0.05) is 24.0 Å². The Morgan fingerprint density at radius 1 is 1.54 bits per heavy atom. The third-order valence-electron chi connectivity index (χ3n) is 4.23. The van der Waals surface area contributed by atoms with Crippen LogP contribution in [0.25, 0.3) is 0 Å². The maximum atomic E-state index is 13.6. The Labute approximate surface area is 144 Å². The molecule has 5 nitrogen and oxygen atoms in total. The molecule has 1 unspecified atom stereocenters. The lowest BCUT2D eigenvalue weighted by molar-refractivity contribution is 0.166. The summed E-state index contributed by atoms with van der Waals surface area (Å²) in [5.74, 6) is -0.213. The van der Waals surface area contributed by atoms with E-state index in [0.29, 0.717) is 23.7 Å². The van der Waals surface area contributed by atoms with Gasteiger partial charge in [-0.15, -0.1) is 11.3 Å². The van der Waals surface area contributed by atoms with Gasteiger partial charge in [0.25, 0.3) is 0 Å². The van der Waals surface area contributed by atoms with E-state index < -0.39 is 0 Å². The molecule has 0 aliphatic carbocycles. The third kappa shape index (κ3) is 3.73. The second-order valence-electron chi connectivity index (χ2n) is 5.99. The standard InChI is InChI=1S/C17H20FN3O2S/c1-11-4-5-12(8-15(11)18)7-14-9-19-16(24-14)20-17(23)21-6-2-3-13(21)10-22/h4-5,8-9,13,22H,2-3,6-7,10H2,1H3,(H,19,20,23). The van der Waals surface area contributed by atoms with Gasteiger partial charge < -0.3 is 10.0 Å². The SMILES string of the molecule is Cc1ccc(Cc2cnc(NC(=O)N3CCCC3CO)s2)cc1F. The number of carbonyl (C=O) groups excluding carboxylic acids is 1. The molecule has 0 radical (unpaired) electrons. The van der Waals surface area contributed by atoms with E-state index in [9.17, 15) is 14.3 Å². The minimum absolute atomic E-state index is 0.0183. The number of carbonyl (C=O) groups is 1. The quantitative estimate of drug-likeness (QED) is 0.891. The molecule has 1 atom stereocenters. The Morgan fingerprint density at radius 2 is 2.38 bits per heavy atom. The Morgan fingerprint density at radius 3 is 3.12 bits per heavy atom. The molecule has 1 aromatic heterocycles. The zero-order chi connectivity index (χ0) is 17.1. The van der Waals surface area contributed by atoms with E-state index >= 15 is 0 Å². The van der Waals surface area contributed by atoms with E-state index in [1.807, 2.05) is 6.07 Å². The number of nitrogens with zero attached hydrogens (tertiary/aromatic N) is 2. The largest absolute Gasteiger partial charge is 0.394 e. The minimum Gasteiger partial charge on any atom is -0.394 e. The zero-order valence-corrected chi connectivity index (χ0v) is 14.3. The van der Waals surface area contributed by atoms with Gasteiger partial charge in [-0.25, -0.2) is 14.2 Å². The van der Waals surface area contributed by atoms with E-state index in [2.05, 4.69) is 10.3 Å². The summed E-state index contributed by atoms with van der Waals surface area (Å²) in [6.45, 7) is 2.37. The Hall–Kier alpha value is -1.99. The van der Waals surface area contributed by atoms with Crippen LogP contribution >= 0.6 is 11.3 Å². The summed E-state index contributed by atoms with van der Waals surface area (Å²) >= 11 is 1.38. The number of urea groups is 1. The molecule has 2 amide bonds. The van der Waals surface area contributed by atoms with E-state index in [4.69, 9.17) is 0 Å². The van der Waals surface area contributed by atoms with E-state index in [1.54, 1.807) is 24.1 Å². The number of aliphatic hydroxyl groups is 1. The van der Waals surface area contributed by atoms with E-state index in [1.165, 1.54) is 17.4 Å². The maximum absolute atomic E-state index is 13.6. The van der Waals surface area contributed by atoms with Gasteiger partial charge in [0.2, 0.25) is 0 Å². The highest BCUT2D eigenvalue weighted by molar-refractivity contribution is 7.15. The average molecular weight is 349 g/mol. The molecule has 0 saturated carbocycles. The Kier molecular flexibility index (Phi) is 5.11. The van der Waals surface area contributed by atoms with Crippen molar-refractivity contribution in [2.45, 2.75) is 32.2 Å². The van der Waals surface area contributed by atoms with Gasteiger partial charge in [0.1, 0.15) is 5.82 Å². The number of hydrogen-bond donors (Lipinski definition) is 2. The molecule has 2 heterocycles. The van der Waals surface area contributed by atoms with Crippen molar-refractivity contribution >= 4 is 22.5 Å². The van der Waals surface area contributed by atoms with Crippen molar-refractivity contribution in [2.24, 2.45) is 0 Å². The molecular weight excluding hydrogens is 329 g/mol.